The first-order chi connectivity index (χ1) is 6.53. The molecule has 1 heterocycles. The number of hydrogen-bond acceptors (Lipinski definition) is 4. The van der Waals surface area contributed by atoms with E-state index in [1.165, 1.54) is 4.88 Å². The molecule has 0 atom stereocenters. The lowest BCUT2D eigenvalue weighted by molar-refractivity contribution is 0.157. The minimum Gasteiger partial charge on any atom is -0.396 e. The van der Waals surface area contributed by atoms with E-state index in [0.29, 0.717) is 0 Å². The molecule has 2 N–H and O–H groups in total. The van der Waals surface area contributed by atoms with E-state index in [2.05, 4.69) is 10.3 Å². The maximum Gasteiger partial charge on any atom is 0.0897 e. The molecule has 0 aliphatic heterocycles. The molecule has 80 valence electrons. The summed E-state index contributed by atoms with van der Waals surface area (Å²) in [6.07, 6.45) is 1.90. The average Bonchev–Trinajstić information content (AvgIpc) is 2.51. The van der Waals surface area contributed by atoms with Crippen LogP contribution in [0, 0.1) is 12.3 Å². The molecule has 1 rings (SSSR count). The fourth-order valence-corrected chi connectivity index (χ4v) is 1.83. The number of hydrogen-bond donors (Lipinski definition) is 2. The number of aliphatic hydroxyl groups excluding tert-OH is 1. The van der Waals surface area contributed by atoms with Crippen molar-refractivity contribution >= 4 is 11.3 Å². The Morgan fingerprint density at radius 3 is 2.79 bits per heavy atom. The van der Waals surface area contributed by atoms with Crippen molar-refractivity contribution in [2.45, 2.75) is 27.3 Å². The number of nitrogens with zero attached hydrogens (tertiary/aromatic N) is 1. The zero-order valence-electron chi connectivity index (χ0n) is 9.00. The summed E-state index contributed by atoms with van der Waals surface area (Å²) in [4.78, 5) is 5.43. The van der Waals surface area contributed by atoms with E-state index in [0.717, 1.165) is 18.1 Å². The van der Waals surface area contributed by atoms with Crippen LogP contribution in [0.1, 0.15) is 23.7 Å². The Morgan fingerprint density at radius 2 is 2.29 bits per heavy atom. The number of thiazole rings is 1. The Kier molecular flexibility index (Phi) is 4.04. The van der Waals surface area contributed by atoms with Crippen molar-refractivity contribution < 1.29 is 5.11 Å². The van der Waals surface area contributed by atoms with Crippen molar-refractivity contribution in [1.82, 2.24) is 10.3 Å². The molecule has 0 saturated carbocycles. The number of rotatable bonds is 5. The van der Waals surface area contributed by atoms with Crippen LogP contribution in [-0.2, 0) is 6.54 Å². The second kappa shape index (κ2) is 4.87. The summed E-state index contributed by atoms with van der Waals surface area (Å²) in [7, 11) is 0. The molecule has 0 radical (unpaired) electrons. The average molecular weight is 214 g/mol. The lowest BCUT2D eigenvalue weighted by Crippen LogP contribution is -2.31. The third-order valence-corrected chi connectivity index (χ3v) is 2.91. The molecule has 0 fully saturated rings. The fraction of sp³-hybridized carbons (Fsp3) is 0.700. The third-order valence-electron chi connectivity index (χ3n) is 2.00. The summed E-state index contributed by atoms with van der Waals surface area (Å²) >= 11 is 1.71. The highest BCUT2D eigenvalue weighted by atomic mass is 32.1. The van der Waals surface area contributed by atoms with E-state index < -0.39 is 0 Å². The SMILES string of the molecule is Cc1ncc(CNCC(C)(C)CO)s1. The van der Waals surface area contributed by atoms with Crippen molar-refractivity contribution in [2.24, 2.45) is 5.41 Å². The fourth-order valence-electron chi connectivity index (χ4n) is 1.07. The number of aryl methyl sites for hydroxylation is 1. The topological polar surface area (TPSA) is 45.2 Å². The molecule has 0 amide bonds. The molecule has 0 aromatic carbocycles. The lowest BCUT2D eigenvalue weighted by atomic mass is 9.95. The van der Waals surface area contributed by atoms with Crippen LogP contribution in [0.5, 0.6) is 0 Å². The molecular formula is C10H18N2OS. The predicted molar refractivity (Wildman–Crippen MR) is 59.4 cm³/mol. The van der Waals surface area contributed by atoms with Gasteiger partial charge in [-0.2, -0.15) is 0 Å². The highest BCUT2D eigenvalue weighted by Gasteiger charge is 2.15. The van der Waals surface area contributed by atoms with Crippen LogP contribution in [0.15, 0.2) is 6.20 Å². The maximum atomic E-state index is 9.05. The van der Waals surface area contributed by atoms with Crippen molar-refractivity contribution in [1.29, 1.82) is 0 Å². The van der Waals surface area contributed by atoms with Crippen molar-refractivity contribution in [3.63, 3.8) is 0 Å². The number of nitrogens with one attached hydrogen (secondary N) is 1. The molecule has 3 nitrogen and oxygen atoms in total. The van der Waals surface area contributed by atoms with Crippen molar-refractivity contribution in [3.05, 3.63) is 16.1 Å². The Morgan fingerprint density at radius 1 is 1.57 bits per heavy atom. The van der Waals surface area contributed by atoms with E-state index in [-0.39, 0.29) is 12.0 Å². The summed E-state index contributed by atoms with van der Waals surface area (Å²) in [5.41, 5.74) is -0.0419. The largest absolute Gasteiger partial charge is 0.396 e. The van der Waals surface area contributed by atoms with Crippen LogP contribution in [-0.4, -0.2) is 23.2 Å². The quantitative estimate of drug-likeness (QED) is 0.782. The van der Waals surface area contributed by atoms with Crippen LogP contribution >= 0.6 is 11.3 Å². The second-order valence-electron chi connectivity index (χ2n) is 4.27. The van der Waals surface area contributed by atoms with E-state index in [1.54, 1.807) is 11.3 Å². The van der Waals surface area contributed by atoms with Gasteiger partial charge in [0.15, 0.2) is 0 Å². The maximum absolute atomic E-state index is 9.05. The van der Waals surface area contributed by atoms with Crippen molar-refractivity contribution in [3.8, 4) is 0 Å². The molecule has 1 aromatic heterocycles. The Hall–Kier alpha value is -0.450. The molecule has 0 spiro atoms. The zero-order chi connectivity index (χ0) is 10.6. The molecule has 0 saturated heterocycles. The molecule has 0 bridgehead atoms. The minimum absolute atomic E-state index is 0.0419. The van der Waals surface area contributed by atoms with Crippen molar-refractivity contribution in [2.75, 3.05) is 13.2 Å². The van der Waals surface area contributed by atoms with Gasteiger partial charge < -0.3 is 10.4 Å². The Bertz CT molecular complexity index is 283. The third kappa shape index (κ3) is 3.74. The monoisotopic (exact) mass is 214 g/mol. The van der Waals surface area contributed by atoms with Gasteiger partial charge in [0.05, 0.1) is 5.01 Å². The molecule has 4 heteroatoms. The Balaban J connectivity index is 2.28. The number of aromatic nitrogens is 1. The van der Waals surface area contributed by atoms with Gasteiger partial charge in [-0.25, -0.2) is 4.98 Å². The first kappa shape index (κ1) is 11.6. The van der Waals surface area contributed by atoms with Gasteiger partial charge in [0, 0.05) is 36.2 Å². The standard InChI is InChI=1S/C10H18N2OS/c1-8-12-5-9(14-8)4-11-6-10(2,3)7-13/h5,11,13H,4,6-7H2,1-3H3. The summed E-state index contributed by atoms with van der Waals surface area (Å²) < 4.78 is 0. The van der Waals surface area contributed by atoms with E-state index in [1.807, 2.05) is 27.0 Å². The van der Waals surface area contributed by atoms with Gasteiger partial charge in [0.2, 0.25) is 0 Å². The smallest absolute Gasteiger partial charge is 0.0897 e. The highest BCUT2D eigenvalue weighted by molar-refractivity contribution is 7.11. The van der Waals surface area contributed by atoms with Gasteiger partial charge in [-0.1, -0.05) is 13.8 Å². The summed E-state index contributed by atoms with van der Waals surface area (Å²) in [6.45, 7) is 7.96. The van der Waals surface area contributed by atoms with Gasteiger partial charge in [-0.3, -0.25) is 0 Å². The van der Waals surface area contributed by atoms with Gasteiger partial charge in [0.1, 0.15) is 0 Å². The van der Waals surface area contributed by atoms with Crippen LogP contribution < -0.4 is 5.32 Å². The van der Waals surface area contributed by atoms with Gasteiger partial charge in [-0.15, -0.1) is 11.3 Å². The second-order valence-corrected chi connectivity index (χ2v) is 5.59. The normalized spacial score (nSPS) is 12.0. The van der Waals surface area contributed by atoms with Gasteiger partial charge >= 0.3 is 0 Å². The minimum atomic E-state index is -0.0419. The molecule has 0 aliphatic carbocycles. The first-order valence-corrected chi connectivity index (χ1v) is 5.58. The summed E-state index contributed by atoms with van der Waals surface area (Å²) in [6, 6.07) is 0. The molecule has 0 unspecified atom stereocenters. The number of aliphatic hydroxyl groups is 1. The lowest BCUT2D eigenvalue weighted by Gasteiger charge is -2.21. The first-order valence-electron chi connectivity index (χ1n) is 4.76. The van der Waals surface area contributed by atoms with E-state index in [4.69, 9.17) is 5.11 Å². The molecular weight excluding hydrogens is 196 g/mol. The molecule has 14 heavy (non-hydrogen) atoms. The van der Waals surface area contributed by atoms with Crippen LogP contribution in [0.4, 0.5) is 0 Å². The van der Waals surface area contributed by atoms with Crippen LogP contribution in [0.25, 0.3) is 0 Å². The van der Waals surface area contributed by atoms with E-state index >= 15 is 0 Å². The van der Waals surface area contributed by atoms with E-state index in [9.17, 15) is 0 Å². The van der Waals surface area contributed by atoms with Crippen LogP contribution in [0.3, 0.4) is 0 Å². The summed E-state index contributed by atoms with van der Waals surface area (Å²) in [5.74, 6) is 0. The molecule has 1 aromatic rings. The highest BCUT2D eigenvalue weighted by Crippen LogP contribution is 2.14. The van der Waals surface area contributed by atoms with Gasteiger partial charge in [-0.05, 0) is 6.92 Å². The Labute approximate surface area is 89.2 Å². The van der Waals surface area contributed by atoms with Gasteiger partial charge in [0.25, 0.3) is 0 Å². The zero-order valence-corrected chi connectivity index (χ0v) is 9.82. The predicted octanol–water partition coefficient (Wildman–Crippen LogP) is 1.56. The molecule has 0 aliphatic rings. The summed E-state index contributed by atoms with van der Waals surface area (Å²) in [5, 5.41) is 13.5. The van der Waals surface area contributed by atoms with Crippen LogP contribution in [0.2, 0.25) is 0 Å².